The van der Waals surface area contributed by atoms with Gasteiger partial charge in [-0.2, -0.15) is 0 Å². The highest BCUT2D eigenvalue weighted by Gasteiger charge is 2.21. The quantitative estimate of drug-likeness (QED) is 0.596. The maximum atomic E-state index is 11.7. The lowest BCUT2D eigenvalue weighted by molar-refractivity contribution is -0.121. The molecule has 2 heterocycles. The Balaban J connectivity index is 1.80. The van der Waals surface area contributed by atoms with E-state index in [1.165, 1.54) is 0 Å². The second-order valence-corrected chi connectivity index (χ2v) is 5.83. The fourth-order valence-corrected chi connectivity index (χ4v) is 2.57. The Kier molecular flexibility index (Phi) is 5.51. The molecule has 0 aliphatic heterocycles. The van der Waals surface area contributed by atoms with E-state index in [1.807, 2.05) is 41.2 Å². The van der Waals surface area contributed by atoms with Crippen molar-refractivity contribution in [2.45, 2.75) is 19.4 Å². The minimum absolute atomic E-state index is 0.0255. The van der Waals surface area contributed by atoms with Crippen LogP contribution < -0.4 is 5.32 Å². The Morgan fingerprint density at radius 2 is 1.93 bits per heavy atom. The molecule has 0 bridgehead atoms. The van der Waals surface area contributed by atoms with Gasteiger partial charge in [0.2, 0.25) is 11.8 Å². The Labute approximate surface area is 156 Å². The number of carbonyl (C=O) groups excluding carboxylic acids is 1. The molecule has 1 aromatic carbocycles. The number of carbonyl (C=O) groups is 2. The van der Waals surface area contributed by atoms with Gasteiger partial charge in [0, 0.05) is 30.1 Å². The van der Waals surface area contributed by atoms with Gasteiger partial charge in [0.05, 0.1) is 6.54 Å². The number of hydrogen-bond acceptors (Lipinski definition) is 4. The minimum atomic E-state index is -1.19. The summed E-state index contributed by atoms with van der Waals surface area (Å²) in [6.07, 6.45) is 6.36. The van der Waals surface area contributed by atoms with Gasteiger partial charge in [-0.1, -0.05) is 6.08 Å². The molecule has 0 unspecified atom stereocenters. The highest BCUT2D eigenvalue weighted by atomic mass is 16.4. The summed E-state index contributed by atoms with van der Waals surface area (Å²) in [5, 5.41) is 12.1. The summed E-state index contributed by atoms with van der Waals surface area (Å²) in [6, 6.07) is 11.1. The number of nitrogens with zero attached hydrogens (tertiary/aromatic N) is 2. The molecule has 0 saturated heterocycles. The summed E-state index contributed by atoms with van der Waals surface area (Å²) in [5.41, 5.74) is 1.36. The number of aromatic nitrogens is 2. The molecule has 0 aliphatic carbocycles. The van der Waals surface area contributed by atoms with Crippen molar-refractivity contribution in [3.05, 3.63) is 73.0 Å². The van der Waals surface area contributed by atoms with Gasteiger partial charge in [0.25, 0.3) is 0 Å². The molecular formula is C20H19N3O4. The number of allylic oxidation sites excluding steroid dienone is 1. The molecule has 2 aromatic heterocycles. The van der Waals surface area contributed by atoms with Crippen molar-refractivity contribution >= 4 is 11.9 Å². The van der Waals surface area contributed by atoms with Gasteiger partial charge in [0.1, 0.15) is 0 Å². The Morgan fingerprint density at radius 1 is 1.22 bits per heavy atom. The van der Waals surface area contributed by atoms with E-state index in [0.29, 0.717) is 18.4 Å². The Bertz CT molecular complexity index is 940. The molecule has 7 nitrogen and oxygen atoms in total. The number of nitrogens with one attached hydrogen (secondary N) is 1. The molecule has 1 amide bonds. The first-order chi connectivity index (χ1) is 13.1. The fraction of sp³-hybridized carbons (Fsp3) is 0.150. The molecule has 0 aliphatic rings. The lowest BCUT2D eigenvalue weighted by Crippen LogP contribution is -2.22. The highest BCUT2D eigenvalue weighted by Crippen LogP contribution is 2.26. The van der Waals surface area contributed by atoms with E-state index in [1.54, 1.807) is 18.2 Å². The van der Waals surface area contributed by atoms with E-state index in [9.17, 15) is 14.7 Å². The SMILES string of the molecule is C=CCCC(=O)NCc1nc(C(=O)O)c(-c2ccc(-n3cccc3)cc2)o1. The lowest BCUT2D eigenvalue weighted by Gasteiger charge is -2.04. The number of carboxylic acid groups (broad SMARTS) is 1. The topological polar surface area (TPSA) is 97.4 Å². The largest absolute Gasteiger partial charge is 0.476 e. The van der Waals surface area contributed by atoms with Crippen LogP contribution in [0.15, 0.2) is 65.9 Å². The molecule has 27 heavy (non-hydrogen) atoms. The third-order valence-corrected chi connectivity index (χ3v) is 3.92. The van der Waals surface area contributed by atoms with Crippen LogP contribution in [0, 0.1) is 0 Å². The van der Waals surface area contributed by atoms with E-state index in [2.05, 4.69) is 16.9 Å². The predicted molar refractivity (Wildman–Crippen MR) is 99.5 cm³/mol. The second-order valence-electron chi connectivity index (χ2n) is 5.83. The van der Waals surface area contributed by atoms with Gasteiger partial charge in [-0.25, -0.2) is 9.78 Å². The van der Waals surface area contributed by atoms with Crippen molar-refractivity contribution in [1.82, 2.24) is 14.9 Å². The first kappa shape index (κ1) is 18.2. The molecule has 0 spiro atoms. The van der Waals surface area contributed by atoms with E-state index in [0.717, 1.165) is 5.69 Å². The molecule has 0 radical (unpaired) electrons. The van der Waals surface area contributed by atoms with Crippen LogP contribution in [-0.4, -0.2) is 26.5 Å². The van der Waals surface area contributed by atoms with Crippen molar-refractivity contribution in [3.63, 3.8) is 0 Å². The van der Waals surface area contributed by atoms with Crippen LogP contribution in [0.5, 0.6) is 0 Å². The van der Waals surface area contributed by atoms with E-state index < -0.39 is 5.97 Å². The Hall–Kier alpha value is -3.61. The summed E-state index contributed by atoms with van der Waals surface area (Å²) < 4.78 is 7.55. The molecule has 0 saturated carbocycles. The average molecular weight is 365 g/mol. The van der Waals surface area contributed by atoms with Crippen molar-refractivity contribution < 1.29 is 19.1 Å². The Morgan fingerprint density at radius 3 is 2.56 bits per heavy atom. The van der Waals surface area contributed by atoms with Gasteiger partial charge < -0.3 is 19.4 Å². The predicted octanol–water partition coefficient (Wildman–Crippen LogP) is 3.41. The molecule has 2 N–H and O–H groups in total. The van der Waals surface area contributed by atoms with Crippen LogP contribution >= 0.6 is 0 Å². The molecule has 138 valence electrons. The van der Waals surface area contributed by atoms with Crippen molar-refractivity contribution in [2.24, 2.45) is 0 Å². The van der Waals surface area contributed by atoms with Crippen LogP contribution in [0.3, 0.4) is 0 Å². The number of benzene rings is 1. The number of oxazole rings is 1. The molecule has 0 fully saturated rings. The van der Waals surface area contributed by atoms with Gasteiger partial charge in [0.15, 0.2) is 11.5 Å². The lowest BCUT2D eigenvalue weighted by atomic mass is 10.1. The minimum Gasteiger partial charge on any atom is -0.476 e. The molecule has 3 rings (SSSR count). The first-order valence-electron chi connectivity index (χ1n) is 8.43. The fourth-order valence-electron chi connectivity index (χ4n) is 2.57. The molecular weight excluding hydrogens is 346 g/mol. The van der Waals surface area contributed by atoms with Crippen molar-refractivity contribution in [1.29, 1.82) is 0 Å². The van der Waals surface area contributed by atoms with Crippen LogP contribution in [0.1, 0.15) is 29.2 Å². The molecule has 7 heteroatoms. The van der Waals surface area contributed by atoms with Gasteiger partial charge >= 0.3 is 5.97 Å². The smallest absolute Gasteiger partial charge is 0.358 e. The normalized spacial score (nSPS) is 10.5. The number of rotatable bonds is 8. The van der Waals surface area contributed by atoms with Crippen LogP contribution in [0.25, 0.3) is 17.0 Å². The standard InChI is InChI=1S/C20H19N3O4/c1-2-3-6-16(24)21-13-17-22-18(20(25)26)19(27-17)14-7-9-15(10-8-14)23-11-4-5-12-23/h2,4-5,7-12H,1,3,6,13H2,(H,21,24)(H,25,26). The third-order valence-electron chi connectivity index (χ3n) is 3.92. The van der Waals surface area contributed by atoms with Crippen LogP contribution in [0.4, 0.5) is 0 Å². The zero-order valence-corrected chi connectivity index (χ0v) is 14.6. The van der Waals surface area contributed by atoms with Gasteiger partial charge in [-0.15, -0.1) is 6.58 Å². The van der Waals surface area contributed by atoms with Crippen LogP contribution in [-0.2, 0) is 11.3 Å². The van der Waals surface area contributed by atoms with Gasteiger partial charge in [-0.05, 0) is 42.8 Å². The zero-order chi connectivity index (χ0) is 19.2. The summed E-state index contributed by atoms with van der Waals surface area (Å²) in [6.45, 7) is 3.59. The van der Waals surface area contributed by atoms with E-state index in [4.69, 9.17) is 4.42 Å². The summed E-state index contributed by atoms with van der Waals surface area (Å²) in [7, 11) is 0. The highest BCUT2D eigenvalue weighted by molar-refractivity contribution is 5.92. The number of amides is 1. The number of hydrogen-bond donors (Lipinski definition) is 2. The summed E-state index contributed by atoms with van der Waals surface area (Å²) in [5.74, 6) is -1.06. The average Bonchev–Trinajstić information content (AvgIpc) is 3.34. The van der Waals surface area contributed by atoms with E-state index >= 15 is 0 Å². The van der Waals surface area contributed by atoms with Gasteiger partial charge in [-0.3, -0.25) is 4.79 Å². The monoisotopic (exact) mass is 365 g/mol. The number of carboxylic acids is 1. The maximum absolute atomic E-state index is 11.7. The van der Waals surface area contributed by atoms with Crippen molar-refractivity contribution in [3.8, 4) is 17.0 Å². The summed E-state index contributed by atoms with van der Waals surface area (Å²) in [4.78, 5) is 27.2. The first-order valence-corrected chi connectivity index (χ1v) is 8.43. The molecule has 3 aromatic rings. The summed E-state index contributed by atoms with van der Waals surface area (Å²) >= 11 is 0. The maximum Gasteiger partial charge on any atom is 0.358 e. The second kappa shape index (κ2) is 8.18. The third kappa shape index (κ3) is 4.33. The van der Waals surface area contributed by atoms with Crippen molar-refractivity contribution in [2.75, 3.05) is 0 Å². The van der Waals surface area contributed by atoms with E-state index in [-0.39, 0.29) is 29.8 Å². The van der Waals surface area contributed by atoms with Crippen LogP contribution in [0.2, 0.25) is 0 Å². The molecule has 0 atom stereocenters. The zero-order valence-electron chi connectivity index (χ0n) is 14.6. The number of aromatic carboxylic acids is 1.